The van der Waals surface area contributed by atoms with E-state index in [9.17, 15) is 4.79 Å². The topological polar surface area (TPSA) is 75.1 Å². The molecule has 0 saturated heterocycles. The molecular formula is C9H15N3O2S. The highest BCUT2D eigenvalue weighted by atomic mass is 32.1. The molecule has 0 radical (unpaired) electrons. The Kier molecular flexibility index (Phi) is 3.62. The van der Waals surface area contributed by atoms with E-state index in [2.05, 4.69) is 15.5 Å². The molecule has 1 atom stereocenters. The van der Waals surface area contributed by atoms with Gasteiger partial charge in [0.1, 0.15) is 5.51 Å². The van der Waals surface area contributed by atoms with E-state index in [0.717, 1.165) is 0 Å². The summed E-state index contributed by atoms with van der Waals surface area (Å²) >= 11 is 1.37. The summed E-state index contributed by atoms with van der Waals surface area (Å²) in [5.74, 6) is -0.813. The first-order valence-corrected chi connectivity index (χ1v) is 5.52. The maximum Gasteiger partial charge on any atom is 0.305 e. The molecule has 6 heteroatoms. The monoisotopic (exact) mass is 229 g/mol. The van der Waals surface area contributed by atoms with Crippen LogP contribution in [0.5, 0.6) is 0 Å². The van der Waals surface area contributed by atoms with E-state index in [4.69, 9.17) is 5.11 Å². The molecule has 1 aromatic heterocycles. The number of hydrogen-bond acceptors (Lipinski definition) is 5. The molecule has 0 spiro atoms. The number of nitrogens with one attached hydrogen (secondary N) is 1. The maximum absolute atomic E-state index is 10.7. The van der Waals surface area contributed by atoms with Crippen molar-refractivity contribution >= 4 is 22.4 Å². The lowest BCUT2D eigenvalue weighted by atomic mass is 9.85. The molecule has 1 rings (SSSR count). The lowest BCUT2D eigenvalue weighted by molar-refractivity contribution is -0.137. The lowest BCUT2D eigenvalue weighted by Crippen LogP contribution is -2.36. The number of aliphatic carboxylic acids is 1. The molecule has 2 N–H and O–H groups in total. The second kappa shape index (κ2) is 4.57. The minimum atomic E-state index is -0.813. The first-order chi connectivity index (χ1) is 6.89. The van der Waals surface area contributed by atoms with E-state index in [1.54, 1.807) is 5.51 Å². The van der Waals surface area contributed by atoms with Crippen LogP contribution in [0.25, 0.3) is 0 Å². The summed E-state index contributed by atoms with van der Waals surface area (Å²) in [4.78, 5) is 10.7. The van der Waals surface area contributed by atoms with Gasteiger partial charge >= 0.3 is 5.97 Å². The first-order valence-electron chi connectivity index (χ1n) is 4.64. The molecule has 0 bridgehead atoms. The van der Waals surface area contributed by atoms with Crippen LogP contribution in [-0.2, 0) is 4.79 Å². The fourth-order valence-corrected chi connectivity index (χ4v) is 1.63. The molecule has 0 aliphatic carbocycles. The van der Waals surface area contributed by atoms with Gasteiger partial charge in [0.25, 0.3) is 0 Å². The van der Waals surface area contributed by atoms with E-state index in [-0.39, 0.29) is 17.9 Å². The van der Waals surface area contributed by atoms with Gasteiger partial charge < -0.3 is 10.4 Å². The first kappa shape index (κ1) is 11.9. The van der Waals surface area contributed by atoms with Gasteiger partial charge in [0.05, 0.1) is 6.42 Å². The second-order valence-corrected chi connectivity index (χ2v) is 5.24. The molecule has 1 aromatic rings. The molecule has 0 aliphatic rings. The predicted molar refractivity (Wildman–Crippen MR) is 59.0 cm³/mol. The standard InChI is InChI=1S/C9H15N3O2S/c1-9(2,3)6(4-7(13)14)11-8-12-10-5-15-8/h5-6H,4H2,1-3H3,(H,11,12)(H,13,14). The molecule has 0 amide bonds. The van der Waals surface area contributed by atoms with E-state index in [1.807, 2.05) is 20.8 Å². The van der Waals surface area contributed by atoms with Gasteiger partial charge in [0.2, 0.25) is 5.13 Å². The Balaban J connectivity index is 2.69. The third-order valence-electron chi connectivity index (χ3n) is 2.08. The third kappa shape index (κ3) is 3.83. The van der Waals surface area contributed by atoms with Gasteiger partial charge in [-0.3, -0.25) is 4.79 Å². The summed E-state index contributed by atoms with van der Waals surface area (Å²) in [5.41, 5.74) is 1.48. The van der Waals surface area contributed by atoms with Crippen LogP contribution in [0.3, 0.4) is 0 Å². The maximum atomic E-state index is 10.7. The average molecular weight is 229 g/mol. The van der Waals surface area contributed by atoms with Crippen LogP contribution in [0, 0.1) is 5.41 Å². The van der Waals surface area contributed by atoms with Crippen molar-refractivity contribution in [2.24, 2.45) is 5.41 Å². The molecule has 84 valence electrons. The number of aromatic nitrogens is 2. The summed E-state index contributed by atoms with van der Waals surface area (Å²) in [7, 11) is 0. The molecule has 5 nitrogen and oxygen atoms in total. The number of carboxylic acids is 1. The molecule has 15 heavy (non-hydrogen) atoms. The highest BCUT2D eigenvalue weighted by Gasteiger charge is 2.27. The number of carbonyl (C=O) groups is 1. The largest absolute Gasteiger partial charge is 0.481 e. The van der Waals surface area contributed by atoms with Crippen LogP contribution in [0.2, 0.25) is 0 Å². The predicted octanol–water partition coefficient (Wildman–Crippen LogP) is 1.84. The van der Waals surface area contributed by atoms with E-state index in [0.29, 0.717) is 5.13 Å². The van der Waals surface area contributed by atoms with Gasteiger partial charge in [-0.1, -0.05) is 32.1 Å². The van der Waals surface area contributed by atoms with Crippen molar-refractivity contribution in [1.82, 2.24) is 10.2 Å². The molecule has 1 heterocycles. The smallest absolute Gasteiger partial charge is 0.305 e. The molecule has 0 fully saturated rings. The zero-order chi connectivity index (χ0) is 11.5. The Morgan fingerprint density at radius 2 is 2.33 bits per heavy atom. The van der Waals surface area contributed by atoms with Crippen LogP contribution in [0.15, 0.2) is 5.51 Å². The summed E-state index contributed by atoms with van der Waals surface area (Å²) in [6.07, 6.45) is 0.0725. The van der Waals surface area contributed by atoms with Crippen molar-refractivity contribution in [2.45, 2.75) is 33.2 Å². The Labute approximate surface area is 92.5 Å². The van der Waals surface area contributed by atoms with Gasteiger partial charge in [-0.15, -0.1) is 10.2 Å². The summed E-state index contributed by atoms with van der Waals surface area (Å²) in [5, 5.41) is 20.1. The van der Waals surface area contributed by atoms with Gasteiger partial charge in [0, 0.05) is 6.04 Å². The second-order valence-electron chi connectivity index (χ2n) is 4.40. The fourth-order valence-electron chi connectivity index (χ4n) is 1.13. The number of rotatable bonds is 4. The number of nitrogens with zero attached hydrogens (tertiary/aromatic N) is 2. The third-order valence-corrected chi connectivity index (χ3v) is 2.70. The minimum absolute atomic E-state index is 0.0725. The van der Waals surface area contributed by atoms with Crippen LogP contribution in [0.1, 0.15) is 27.2 Å². The number of hydrogen-bond donors (Lipinski definition) is 2. The van der Waals surface area contributed by atoms with Crippen LogP contribution >= 0.6 is 11.3 Å². The van der Waals surface area contributed by atoms with Crippen molar-refractivity contribution < 1.29 is 9.90 Å². The lowest BCUT2D eigenvalue weighted by Gasteiger charge is -2.29. The van der Waals surface area contributed by atoms with Gasteiger partial charge in [-0.05, 0) is 5.41 Å². The van der Waals surface area contributed by atoms with E-state index < -0.39 is 5.97 Å². The Morgan fingerprint density at radius 1 is 1.67 bits per heavy atom. The fraction of sp³-hybridized carbons (Fsp3) is 0.667. The highest BCUT2D eigenvalue weighted by molar-refractivity contribution is 7.13. The number of carboxylic acid groups (broad SMARTS) is 1. The van der Waals surface area contributed by atoms with Crippen molar-refractivity contribution in [1.29, 1.82) is 0 Å². The van der Waals surface area contributed by atoms with E-state index in [1.165, 1.54) is 11.3 Å². The summed E-state index contributed by atoms with van der Waals surface area (Å²) in [6.45, 7) is 5.98. The Morgan fingerprint density at radius 3 is 2.73 bits per heavy atom. The summed E-state index contributed by atoms with van der Waals surface area (Å²) in [6, 6.07) is -0.150. The van der Waals surface area contributed by atoms with Crippen molar-refractivity contribution in [3.63, 3.8) is 0 Å². The van der Waals surface area contributed by atoms with Gasteiger partial charge in [-0.25, -0.2) is 0 Å². The molecular weight excluding hydrogens is 214 g/mol. The zero-order valence-corrected chi connectivity index (χ0v) is 9.84. The normalized spacial score (nSPS) is 13.5. The average Bonchev–Trinajstić information content (AvgIpc) is 2.53. The van der Waals surface area contributed by atoms with Gasteiger partial charge in [-0.2, -0.15) is 0 Å². The molecule has 0 aromatic carbocycles. The van der Waals surface area contributed by atoms with Crippen LogP contribution < -0.4 is 5.32 Å². The SMILES string of the molecule is CC(C)(C)C(CC(=O)O)Nc1nncs1. The minimum Gasteiger partial charge on any atom is -0.481 e. The highest BCUT2D eigenvalue weighted by Crippen LogP contribution is 2.25. The van der Waals surface area contributed by atoms with Gasteiger partial charge in [0.15, 0.2) is 0 Å². The Bertz CT molecular complexity index is 319. The van der Waals surface area contributed by atoms with Crippen molar-refractivity contribution in [3.05, 3.63) is 5.51 Å². The molecule has 0 saturated carbocycles. The van der Waals surface area contributed by atoms with Crippen LogP contribution in [0.4, 0.5) is 5.13 Å². The van der Waals surface area contributed by atoms with Crippen molar-refractivity contribution in [3.8, 4) is 0 Å². The van der Waals surface area contributed by atoms with E-state index >= 15 is 0 Å². The van der Waals surface area contributed by atoms with Crippen molar-refractivity contribution in [2.75, 3.05) is 5.32 Å². The Hall–Kier alpha value is -1.17. The molecule has 1 unspecified atom stereocenters. The number of anilines is 1. The zero-order valence-electron chi connectivity index (χ0n) is 9.02. The quantitative estimate of drug-likeness (QED) is 0.824. The van der Waals surface area contributed by atoms with Crippen LogP contribution in [-0.4, -0.2) is 27.3 Å². The molecule has 0 aliphatic heterocycles. The summed E-state index contributed by atoms with van der Waals surface area (Å²) < 4.78 is 0.